The third-order valence-electron chi connectivity index (χ3n) is 5.12. The number of nitrogens with zero attached hydrogens (tertiary/aromatic N) is 2. The average Bonchev–Trinajstić information content (AvgIpc) is 3.05. The quantitative estimate of drug-likeness (QED) is 0.767. The third-order valence-corrected chi connectivity index (χ3v) is 5.12. The molecular formula is C14H25N3O. The molecule has 0 aromatic carbocycles. The third kappa shape index (κ3) is 2.22. The molecule has 0 bridgehead atoms. The zero-order chi connectivity index (χ0) is 12.5. The molecule has 0 unspecified atom stereocenters. The topological polar surface area (TPSA) is 35.6 Å². The Kier molecular flexibility index (Phi) is 3.46. The number of carbonyl (C=O) groups is 1. The molecule has 1 aliphatic carbocycles. The zero-order valence-corrected chi connectivity index (χ0v) is 11.4. The SMILES string of the molecule is CN(C(=O)N1C[C@H]2CNCC[C@H]2C1)C1CCCC1. The second-order valence-electron chi connectivity index (χ2n) is 6.25. The van der Waals surface area contributed by atoms with Crippen LogP contribution in [0.5, 0.6) is 0 Å². The zero-order valence-electron chi connectivity index (χ0n) is 11.4. The maximum absolute atomic E-state index is 12.5. The molecule has 0 aromatic rings. The van der Waals surface area contributed by atoms with E-state index < -0.39 is 0 Å². The van der Waals surface area contributed by atoms with E-state index in [-0.39, 0.29) is 6.03 Å². The molecule has 2 saturated heterocycles. The van der Waals surface area contributed by atoms with E-state index in [1.807, 2.05) is 11.9 Å². The van der Waals surface area contributed by atoms with E-state index in [4.69, 9.17) is 0 Å². The van der Waals surface area contributed by atoms with Crippen LogP contribution < -0.4 is 5.32 Å². The first-order valence-electron chi connectivity index (χ1n) is 7.48. The summed E-state index contributed by atoms with van der Waals surface area (Å²) in [5.74, 6) is 1.44. The van der Waals surface area contributed by atoms with Crippen LogP contribution in [0.3, 0.4) is 0 Å². The number of hydrogen-bond acceptors (Lipinski definition) is 2. The highest BCUT2D eigenvalue weighted by atomic mass is 16.2. The van der Waals surface area contributed by atoms with Gasteiger partial charge < -0.3 is 15.1 Å². The van der Waals surface area contributed by atoms with E-state index in [0.717, 1.165) is 32.1 Å². The van der Waals surface area contributed by atoms with Crippen molar-refractivity contribution in [2.75, 3.05) is 33.2 Å². The predicted octanol–water partition coefficient (Wildman–Crippen LogP) is 1.52. The number of hydrogen-bond donors (Lipinski definition) is 1. The molecule has 2 aliphatic heterocycles. The number of carbonyl (C=O) groups excluding carboxylic acids is 1. The van der Waals surface area contributed by atoms with Crippen molar-refractivity contribution >= 4 is 6.03 Å². The van der Waals surface area contributed by atoms with Crippen LogP contribution in [0, 0.1) is 11.8 Å². The van der Waals surface area contributed by atoms with E-state index >= 15 is 0 Å². The van der Waals surface area contributed by atoms with Crippen molar-refractivity contribution in [1.82, 2.24) is 15.1 Å². The number of piperidine rings is 1. The summed E-state index contributed by atoms with van der Waals surface area (Å²) in [6.07, 6.45) is 6.21. The summed E-state index contributed by atoms with van der Waals surface area (Å²) >= 11 is 0. The highest BCUT2D eigenvalue weighted by Crippen LogP contribution is 2.30. The molecule has 102 valence electrons. The Hall–Kier alpha value is -0.770. The van der Waals surface area contributed by atoms with Crippen LogP contribution in [0.25, 0.3) is 0 Å². The second-order valence-corrected chi connectivity index (χ2v) is 6.25. The van der Waals surface area contributed by atoms with Gasteiger partial charge in [-0.3, -0.25) is 0 Å². The van der Waals surface area contributed by atoms with Gasteiger partial charge in [-0.25, -0.2) is 4.79 Å². The van der Waals surface area contributed by atoms with E-state index in [1.165, 1.54) is 32.1 Å². The van der Waals surface area contributed by atoms with E-state index in [9.17, 15) is 4.79 Å². The Bertz CT molecular complexity index is 300. The van der Waals surface area contributed by atoms with E-state index in [2.05, 4.69) is 10.2 Å². The van der Waals surface area contributed by atoms with Crippen LogP contribution in [-0.4, -0.2) is 55.1 Å². The van der Waals surface area contributed by atoms with Crippen LogP contribution in [-0.2, 0) is 0 Å². The normalized spacial score (nSPS) is 32.6. The molecule has 3 aliphatic rings. The van der Waals surface area contributed by atoms with Crippen LogP contribution in [0.2, 0.25) is 0 Å². The van der Waals surface area contributed by atoms with Gasteiger partial charge in [0.05, 0.1) is 0 Å². The van der Waals surface area contributed by atoms with Crippen molar-refractivity contribution in [2.24, 2.45) is 11.8 Å². The fourth-order valence-electron chi connectivity index (χ4n) is 3.90. The Labute approximate surface area is 110 Å². The molecule has 1 saturated carbocycles. The van der Waals surface area contributed by atoms with Gasteiger partial charge >= 0.3 is 6.03 Å². The molecule has 3 fully saturated rings. The Morgan fingerprint density at radius 3 is 2.61 bits per heavy atom. The highest BCUT2D eigenvalue weighted by Gasteiger charge is 2.38. The maximum atomic E-state index is 12.5. The average molecular weight is 251 g/mol. The molecular weight excluding hydrogens is 226 g/mol. The lowest BCUT2D eigenvalue weighted by Crippen LogP contribution is -2.44. The molecule has 4 heteroatoms. The number of fused-ring (bicyclic) bond motifs is 1. The molecule has 3 rings (SSSR count). The largest absolute Gasteiger partial charge is 0.325 e. The molecule has 1 N–H and O–H groups in total. The molecule has 0 radical (unpaired) electrons. The molecule has 0 spiro atoms. The second kappa shape index (κ2) is 5.08. The molecule has 18 heavy (non-hydrogen) atoms. The van der Waals surface area contributed by atoms with E-state index in [0.29, 0.717) is 12.0 Å². The minimum Gasteiger partial charge on any atom is -0.325 e. The summed E-state index contributed by atoms with van der Waals surface area (Å²) in [5, 5.41) is 3.45. The first-order chi connectivity index (χ1) is 8.75. The van der Waals surface area contributed by atoms with Crippen molar-refractivity contribution in [1.29, 1.82) is 0 Å². The Morgan fingerprint density at radius 2 is 1.89 bits per heavy atom. The standard InChI is InChI=1S/C14H25N3O/c1-16(13-4-2-3-5-13)14(18)17-9-11-6-7-15-8-12(11)10-17/h11-13,15H,2-10H2,1H3/t11-,12+/m0/s1. The number of amides is 2. The van der Waals surface area contributed by atoms with Crippen LogP contribution in [0.4, 0.5) is 4.79 Å². The summed E-state index contributed by atoms with van der Waals surface area (Å²) < 4.78 is 0. The van der Waals surface area contributed by atoms with Gasteiger partial charge in [0.15, 0.2) is 0 Å². The Balaban J connectivity index is 1.59. The van der Waals surface area contributed by atoms with Gasteiger partial charge in [-0.2, -0.15) is 0 Å². The lowest BCUT2D eigenvalue weighted by atomic mass is 9.90. The molecule has 2 amide bonds. The number of likely N-dealkylation sites (tertiary alicyclic amines) is 1. The van der Waals surface area contributed by atoms with Gasteiger partial charge in [0.2, 0.25) is 0 Å². The lowest BCUT2D eigenvalue weighted by molar-refractivity contribution is 0.154. The van der Waals surface area contributed by atoms with E-state index in [1.54, 1.807) is 0 Å². The Morgan fingerprint density at radius 1 is 1.17 bits per heavy atom. The summed E-state index contributed by atoms with van der Waals surface area (Å²) in [6.45, 7) is 4.18. The van der Waals surface area contributed by atoms with Gasteiger partial charge in [-0.15, -0.1) is 0 Å². The number of nitrogens with one attached hydrogen (secondary N) is 1. The monoisotopic (exact) mass is 251 g/mol. The lowest BCUT2D eigenvalue weighted by Gasteiger charge is -2.29. The fraction of sp³-hybridized carbons (Fsp3) is 0.929. The summed E-state index contributed by atoms with van der Waals surface area (Å²) in [7, 11) is 2.00. The smallest absolute Gasteiger partial charge is 0.320 e. The number of urea groups is 1. The first-order valence-corrected chi connectivity index (χ1v) is 7.48. The maximum Gasteiger partial charge on any atom is 0.320 e. The van der Waals surface area contributed by atoms with Gasteiger partial charge in [0.25, 0.3) is 0 Å². The van der Waals surface area contributed by atoms with Crippen LogP contribution in [0.1, 0.15) is 32.1 Å². The van der Waals surface area contributed by atoms with Crippen molar-refractivity contribution in [3.8, 4) is 0 Å². The predicted molar refractivity (Wildman–Crippen MR) is 71.5 cm³/mol. The molecule has 2 atom stereocenters. The van der Waals surface area contributed by atoms with Gasteiger partial charge in [0.1, 0.15) is 0 Å². The summed E-state index contributed by atoms with van der Waals surface area (Å²) in [4.78, 5) is 16.6. The van der Waals surface area contributed by atoms with Gasteiger partial charge in [-0.1, -0.05) is 12.8 Å². The summed E-state index contributed by atoms with van der Waals surface area (Å²) in [6, 6.07) is 0.773. The van der Waals surface area contributed by atoms with Gasteiger partial charge in [0, 0.05) is 26.2 Å². The van der Waals surface area contributed by atoms with Crippen molar-refractivity contribution in [3.05, 3.63) is 0 Å². The fourth-order valence-corrected chi connectivity index (χ4v) is 3.90. The first kappa shape index (κ1) is 12.3. The molecule has 4 nitrogen and oxygen atoms in total. The highest BCUT2D eigenvalue weighted by molar-refractivity contribution is 5.75. The molecule has 0 aromatic heterocycles. The van der Waals surface area contributed by atoms with Crippen molar-refractivity contribution < 1.29 is 4.79 Å². The molecule has 2 heterocycles. The van der Waals surface area contributed by atoms with Crippen molar-refractivity contribution in [2.45, 2.75) is 38.1 Å². The minimum atomic E-state index is 0.274. The van der Waals surface area contributed by atoms with Crippen LogP contribution >= 0.6 is 0 Å². The van der Waals surface area contributed by atoms with Crippen molar-refractivity contribution in [3.63, 3.8) is 0 Å². The minimum absolute atomic E-state index is 0.274. The van der Waals surface area contributed by atoms with Crippen LogP contribution in [0.15, 0.2) is 0 Å². The summed E-state index contributed by atoms with van der Waals surface area (Å²) in [5.41, 5.74) is 0. The van der Waals surface area contributed by atoms with Gasteiger partial charge in [-0.05, 0) is 44.2 Å². The number of rotatable bonds is 1.